The molecule has 8 rings (SSSR count). The number of carbonyl (C=O) groups is 3. The van der Waals surface area contributed by atoms with Crippen molar-refractivity contribution in [1.82, 2.24) is 9.97 Å². The molecule has 5 aromatic rings. The number of pyridine rings is 2. The molecule has 3 aliphatic rings. The summed E-state index contributed by atoms with van der Waals surface area (Å²) in [4.78, 5) is 55.0. The lowest BCUT2D eigenvalue weighted by atomic mass is 9.73. The van der Waals surface area contributed by atoms with Gasteiger partial charge in [0.25, 0.3) is 17.7 Å². The average molecular weight is 737 g/mol. The van der Waals surface area contributed by atoms with Crippen LogP contribution in [0.5, 0.6) is 0 Å². The van der Waals surface area contributed by atoms with E-state index >= 15 is 0 Å². The van der Waals surface area contributed by atoms with Gasteiger partial charge in [0.15, 0.2) is 0 Å². The van der Waals surface area contributed by atoms with E-state index in [1.54, 1.807) is 59.8 Å². The molecule has 3 aliphatic heterocycles. The van der Waals surface area contributed by atoms with Crippen molar-refractivity contribution >= 4 is 63.5 Å². The molecule has 2 fully saturated rings. The number of aromatic nitrogens is 2. The number of ether oxygens (including phenoxy) is 1. The number of para-hydroxylation sites is 1. The number of anilines is 4. The van der Waals surface area contributed by atoms with E-state index in [2.05, 4.69) is 20.5 Å². The third kappa shape index (κ3) is 6.42. The van der Waals surface area contributed by atoms with Gasteiger partial charge in [0.1, 0.15) is 17.3 Å². The molecule has 0 bridgehead atoms. The Balaban J connectivity index is 0.984. The Labute approximate surface area is 308 Å². The van der Waals surface area contributed by atoms with Gasteiger partial charge in [-0.15, -0.1) is 11.3 Å². The van der Waals surface area contributed by atoms with Crippen LogP contribution < -0.4 is 20.4 Å². The summed E-state index contributed by atoms with van der Waals surface area (Å²) in [5.41, 5.74) is 4.60. The predicted molar refractivity (Wildman–Crippen MR) is 200 cm³/mol. The number of halogens is 2. The topological polar surface area (TPSA) is 117 Å². The summed E-state index contributed by atoms with van der Waals surface area (Å²) < 4.78 is 19.9. The first-order chi connectivity index (χ1) is 25.2. The number of aryl methyl sites for hydroxylation is 1. The van der Waals surface area contributed by atoms with Gasteiger partial charge >= 0.3 is 0 Å². The molecule has 10 nitrogen and oxygen atoms in total. The van der Waals surface area contributed by atoms with Crippen molar-refractivity contribution in [2.75, 3.05) is 53.3 Å². The molecule has 0 saturated carbocycles. The predicted octanol–water partition coefficient (Wildman–Crippen LogP) is 7.63. The van der Waals surface area contributed by atoms with Gasteiger partial charge in [0, 0.05) is 61.9 Å². The van der Waals surface area contributed by atoms with E-state index < -0.39 is 11.7 Å². The average Bonchev–Trinajstić information content (AvgIpc) is 3.51. The highest BCUT2D eigenvalue weighted by Crippen LogP contribution is 2.43. The summed E-state index contributed by atoms with van der Waals surface area (Å²) in [5, 5.41) is 5.67. The Bertz CT molecular complexity index is 2190. The number of fused-ring (bicyclic) bond motifs is 3. The van der Waals surface area contributed by atoms with Gasteiger partial charge < -0.3 is 25.2 Å². The minimum atomic E-state index is -0.625. The van der Waals surface area contributed by atoms with Crippen LogP contribution in [0.2, 0.25) is 5.02 Å². The largest absolute Gasteiger partial charge is 0.381 e. The van der Waals surface area contributed by atoms with Crippen LogP contribution >= 0.6 is 22.9 Å². The van der Waals surface area contributed by atoms with Crippen LogP contribution in [0.15, 0.2) is 79.1 Å². The zero-order valence-corrected chi connectivity index (χ0v) is 29.8. The number of carbonyl (C=O) groups excluding carboxylic acids is 3. The lowest BCUT2D eigenvalue weighted by molar-refractivity contribution is -0.000510. The molecule has 0 aliphatic carbocycles. The van der Waals surface area contributed by atoms with Crippen LogP contribution in [0.25, 0.3) is 10.6 Å². The third-order valence-corrected chi connectivity index (χ3v) is 11.4. The molecule has 2 aromatic carbocycles. The number of nitrogens with one attached hydrogen (secondary N) is 2. The maximum Gasteiger partial charge on any atom is 0.265 e. The molecule has 52 heavy (non-hydrogen) atoms. The van der Waals surface area contributed by atoms with Crippen molar-refractivity contribution in [3.05, 3.63) is 117 Å². The molecule has 3 amide bonds. The number of benzene rings is 2. The number of hydrogen-bond donors (Lipinski definition) is 2. The number of rotatable bonds is 6. The summed E-state index contributed by atoms with van der Waals surface area (Å²) >= 11 is 7.37. The fraction of sp³-hybridized carbons (Fsp3) is 0.256. The van der Waals surface area contributed by atoms with Crippen molar-refractivity contribution in [3.63, 3.8) is 0 Å². The van der Waals surface area contributed by atoms with Gasteiger partial charge in [-0.2, -0.15) is 0 Å². The molecule has 264 valence electrons. The molecular formula is C39H34ClFN6O4S. The normalized spacial score (nSPS) is 16.0. The summed E-state index contributed by atoms with van der Waals surface area (Å²) in [5.74, 6) is -0.928. The molecule has 1 spiro atoms. The minimum absolute atomic E-state index is 0.0774. The lowest BCUT2D eigenvalue weighted by Gasteiger charge is -2.53. The van der Waals surface area contributed by atoms with Crippen LogP contribution in [-0.4, -0.2) is 60.5 Å². The highest BCUT2D eigenvalue weighted by atomic mass is 35.5. The zero-order valence-electron chi connectivity index (χ0n) is 28.2. The standard InChI is InChI=1S/C39H34ClFN6O4S/c1-23-18-30-33(43-20-23)34-25(19-31(52-34)37(49)45-32-28(40)5-2-6-29(32)41)11-15-47(30)38(50)24-7-9-26(10-8-24)44-36(48)27-4-3-14-42-35(27)46-21-39(22-46)12-16-51-17-13-39/h2-10,14,18-20H,11-13,15-17,21-22H2,1H3,(H,44,48)(H,45,49). The number of nitrogens with zero attached hydrogens (tertiary/aromatic N) is 4. The van der Waals surface area contributed by atoms with E-state index in [1.807, 2.05) is 13.0 Å². The van der Waals surface area contributed by atoms with Crippen LogP contribution in [0.4, 0.5) is 27.3 Å². The summed E-state index contributed by atoms with van der Waals surface area (Å²) in [6.45, 7) is 5.50. The molecule has 0 unspecified atom stereocenters. The second kappa shape index (κ2) is 13.8. The van der Waals surface area contributed by atoms with E-state index in [0.717, 1.165) is 55.1 Å². The summed E-state index contributed by atoms with van der Waals surface area (Å²) in [6, 6.07) is 18.3. The van der Waals surface area contributed by atoms with Gasteiger partial charge in [-0.3, -0.25) is 19.4 Å². The maximum atomic E-state index is 14.4. The fourth-order valence-corrected chi connectivity index (χ4v) is 8.45. The summed E-state index contributed by atoms with van der Waals surface area (Å²) in [7, 11) is 0. The number of thiophene rings is 1. The lowest BCUT2D eigenvalue weighted by Crippen LogP contribution is -2.59. The second-order valence-electron chi connectivity index (χ2n) is 13.5. The van der Waals surface area contributed by atoms with Gasteiger partial charge in [0.05, 0.1) is 31.7 Å². The van der Waals surface area contributed by atoms with Gasteiger partial charge in [-0.25, -0.2) is 9.37 Å². The Morgan fingerprint density at radius 3 is 2.52 bits per heavy atom. The first-order valence-electron chi connectivity index (χ1n) is 17.0. The van der Waals surface area contributed by atoms with Gasteiger partial charge in [-0.05, 0) is 98.0 Å². The molecule has 2 N–H and O–H groups in total. The quantitative estimate of drug-likeness (QED) is 0.184. The van der Waals surface area contributed by atoms with E-state index in [0.29, 0.717) is 51.9 Å². The monoisotopic (exact) mass is 736 g/mol. The van der Waals surface area contributed by atoms with E-state index in [-0.39, 0.29) is 27.9 Å². The van der Waals surface area contributed by atoms with Gasteiger partial charge in [0.2, 0.25) is 0 Å². The van der Waals surface area contributed by atoms with Crippen LogP contribution in [0, 0.1) is 18.2 Å². The van der Waals surface area contributed by atoms with Crippen molar-refractivity contribution in [2.24, 2.45) is 5.41 Å². The molecule has 0 radical (unpaired) electrons. The van der Waals surface area contributed by atoms with Crippen molar-refractivity contribution in [3.8, 4) is 10.6 Å². The molecule has 3 aromatic heterocycles. The van der Waals surface area contributed by atoms with Crippen molar-refractivity contribution in [2.45, 2.75) is 26.2 Å². The zero-order chi connectivity index (χ0) is 36.0. The van der Waals surface area contributed by atoms with Crippen LogP contribution in [0.1, 0.15) is 54.4 Å². The first-order valence-corrected chi connectivity index (χ1v) is 18.2. The molecule has 6 heterocycles. The Hall–Kier alpha value is -5.17. The second-order valence-corrected chi connectivity index (χ2v) is 14.9. The van der Waals surface area contributed by atoms with Crippen LogP contribution in [0.3, 0.4) is 0 Å². The highest BCUT2D eigenvalue weighted by Gasteiger charge is 2.45. The van der Waals surface area contributed by atoms with Crippen molar-refractivity contribution in [1.29, 1.82) is 0 Å². The third-order valence-electron chi connectivity index (χ3n) is 9.92. The van der Waals surface area contributed by atoms with E-state index in [1.165, 1.54) is 29.5 Å². The van der Waals surface area contributed by atoms with Gasteiger partial charge in [-0.1, -0.05) is 17.7 Å². The fourth-order valence-electron chi connectivity index (χ4n) is 7.13. The molecule has 13 heteroatoms. The Morgan fingerprint density at radius 2 is 1.75 bits per heavy atom. The highest BCUT2D eigenvalue weighted by molar-refractivity contribution is 7.17. The first kappa shape index (κ1) is 33.9. The van der Waals surface area contributed by atoms with E-state index in [9.17, 15) is 18.8 Å². The maximum absolute atomic E-state index is 14.4. The van der Waals surface area contributed by atoms with Crippen LogP contribution in [-0.2, 0) is 11.2 Å². The molecule has 2 saturated heterocycles. The van der Waals surface area contributed by atoms with E-state index in [4.69, 9.17) is 21.3 Å². The SMILES string of the molecule is Cc1cnc2c(c1)N(C(=O)c1ccc(NC(=O)c3cccnc3N3CC4(CCOCC4)C3)cc1)CCc1cc(C(=O)Nc3c(F)cccc3Cl)sc1-2. The molecule has 0 atom stereocenters. The number of hydrogen-bond acceptors (Lipinski definition) is 8. The smallest absolute Gasteiger partial charge is 0.265 e. The molecular weight excluding hydrogens is 703 g/mol. The number of amides is 3. The van der Waals surface area contributed by atoms with Crippen molar-refractivity contribution < 1.29 is 23.5 Å². The Morgan fingerprint density at radius 1 is 0.962 bits per heavy atom. The minimum Gasteiger partial charge on any atom is -0.381 e. The Kier molecular flexibility index (Phi) is 8.98. The summed E-state index contributed by atoms with van der Waals surface area (Å²) in [6.07, 6.45) is 5.94.